The summed E-state index contributed by atoms with van der Waals surface area (Å²) in [6, 6.07) is 13.6. The van der Waals surface area contributed by atoms with Crippen molar-refractivity contribution >= 4 is 31.9 Å². The number of rotatable bonds is 4. The summed E-state index contributed by atoms with van der Waals surface area (Å²) in [5.74, 6) is 0. The Morgan fingerprint density at radius 1 is 0.762 bits per heavy atom. The lowest BCUT2D eigenvalue weighted by Gasteiger charge is -2.32. The second-order valence-corrected chi connectivity index (χ2v) is 7.79. The van der Waals surface area contributed by atoms with Crippen LogP contribution in [-0.2, 0) is 5.41 Å². The van der Waals surface area contributed by atoms with Crippen LogP contribution in [-0.4, -0.2) is 0 Å². The fraction of sp³-hybridized carbons (Fsp3) is 0.368. The first-order valence-corrected chi connectivity index (χ1v) is 9.31. The van der Waals surface area contributed by atoms with Gasteiger partial charge in [0.2, 0.25) is 0 Å². The zero-order valence-electron chi connectivity index (χ0n) is 12.5. The zero-order chi connectivity index (χ0) is 15.0. The SMILES string of the molecule is CCCC1(CCC)c2ccc(Br)cc2-c2cc(Br)ccc21. The molecular weight excluding hydrogens is 388 g/mol. The molecule has 0 radical (unpaired) electrons. The van der Waals surface area contributed by atoms with Crippen molar-refractivity contribution in [2.75, 3.05) is 0 Å². The van der Waals surface area contributed by atoms with Crippen molar-refractivity contribution in [2.45, 2.75) is 44.9 Å². The van der Waals surface area contributed by atoms with Gasteiger partial charge in [-0.05, 0) is 59.4 Å². The van der Waals surface area contributed by atoms with Crippen LogP contribution in [0.3, 0.4) is 0 Å². The molecule has 0 saturated carbocycles. The van der Waals surface area contributed by atoms with Crippen LogP contribution in [0.15, 0.2) is 45.3 Å². The van der Waals surface area contributed by atoms with E-state index in [2.05, 4.69) is 82.1 Å². The molecule has 2 aromatic carbocycles. The summed E-state index contributed by atoms with van der Waals surface area (Å²) in [6.07, 6.45) is 4.88. The Labute approximate surface area is 144 Å². The van der Waals surface area contributed by atoms with Gasteiger partial charge in [0.05, 0.1) is 0 Å². The van der Waals surface area contributed by atoms with E-state index in [0.717, 1.165) is 8.95 Å². The molecule has 0 amide bonds. The number of halogens is 2. The first-order valence-electron chi connectivity index (χ1n) is 7.73. The molecule has 21 heavy (non-hydrogen) atoms. The Kier molecular flexibility index (Phi) is 4.29. The van der Waals surface area contributed by atoms with E-state index in [4.69, 9.17) is 0 Å². The van der Waals surface area contributed by atoms with Crippen molar-refractivity contribution in [1.82, 2.24) is 0 Å². The maximum absolute atomic E-state index is 3.64. The van der Waals surface area contributed by atoms with Crippen molar-refractivity contribution in [1.29, 1.82) is 0 Å². The Balaban J connectivity index is 2.32. The van der Waals surface area contributed by atoms with Gasteiger partial charge in [0.1, 0.15) is 0 Å². The highest BCUT2D eigenvalue weighted by Gasteiger charge is 2.41. The van der Waals surface area contributed by atoms with Crippen LogP contribution in [0.4, 0.5) is 0 Å². The summed E-state index contributed by atoms with van der Waals surface area (Å²) in [5.41, 5.74) is 6.05. The van der Waals surface area contributed by atoms with Crippen LogP contribution in [0.25, 0.3) is 11.1 Å². The summed E-state index contributed by atoms with van der Waals surface area (Å²) in [5, 5.41) is 0. The lowest BCUT2D eigenvalue weighted by atomic mass is 9.71. The molecule has 2 aromatic rings. The average molecular weight is 408 g/mol. The summed E-state index contributed by atoms with van der Waals surface area (Å²) in [6.45, 7) is 4.60. The molecule has 3 rings (SSSR count). The predicted octanol–water partition coefficient (Wildman–Crippen LogP) is 7.08. The third-order valence-corrected chi connectivity index (χ3v) is 5.62. The van der Waals surface area contributed by atoms with E-state index in [0.29, 0.717) is 0 Å². The van der Waals surface area contributed by atoms with E-state index in [-0.39, 0.29) is 5.41 Å². The van der Waals surface area contributed by atoms with Gasteiger partial charge in [-0.25, -0.2) is 0 Å². The van der Waals surface area contributed by atoms with Gasteiger partial charge in [-0.1, -0.05) is 70.7 Å². The van der Waals surface area contributed by atoms with Crippen LogP contribution in [0, 0.1) is 0 Å². The Morgan fingerprint density at radius 2 is 1.19 bits per heavy atom. The van der Waals surface area contributed by atoms with Crippen molar-refractivity contribution in [2.24, 2.45) is 0 Å². The topological polar surface area (TPSA) is 0 Å². The standard InChI is InChI=1S/C19H20Br2/c1-3-9-19(10-4-2)17-7-5-13(20)11-15(17)16-12-14(21)6-8-18(16)19/h5-8,11-12H,3-4,9-10H2,1-2H3. The summed E-state index contributed by atoms with van der Waals surface area (Å²) < 4.78 is 2.33. The van der Waals surface area contributed by atoms with Gasteiger partial charge >= 0.3 is 0 Å². The van der Waals surface area contributed by atoms with Crippen LogP contribution in [0.1, 0.15) is 50.7 Å². The highest BCUT2D eigenvalue weighted by atomic mass is 79.9. The Hall–Kier alpha value is -0.600. The Bertz CT molecular complexity index is 614. The van der Waals surface area contributed by atoms with Gasteiger partial charge in [-0.2, -0.15) is 0 Å². The molecule has 0 fully saturated rings. The molecule has 2 heteroatoms. The number of hydrogen-bond donors (Lipinski definition) is 0. The van der Waals surface area contributed by atoms with E-state index in [1.807, 2.05) is 0 Å². The molecule has 0 aliphatic heterocycles. The molecule has 0 aromatic heterocycles. The van der Waals surface area contributed by atoms with Gasteiger partial charge in [0, 0.05) is 14.4 Å². The smallest absolute Gasteiger partial charge is 0.0215 e. The fourth-order valence-corrected chi connectivity index (χ4v) is 4.70. The maximum Gasteiger partial charge on any atom is 0.0215 e. The molecule has 0 heterocycles. The first-order chi connectivity index (χ1) is 10.1. The van der Waals surface area contributed by atoms with Gasteiger partial charge in [-0.3, -0.25) is 0 Å². The van der Waals surface area contributed by atoms with E-state index >= 15 is 0 Å². The summed E-state index contributed by atoms with van der Waals surface area (Å²) >= 11 is 7.28. The number of benzene rings is 2. The lowest BCUT2D eigenvalue weighted by molar-refractivity contribution is 0.436. The van der Waals surface area contributed by atoms with Gasteiger partial charge in [0.15, 0.2) is 0 Å². The second kappa shape index (κ2) is 5.89. The van der Waals surface area contributed by atoms with Gasteiger partial charge in [-0.15, -0.1) is 0 Å². The molecule has 0 unspecified atom stereocenters. The fourth-order valence-electron chi connectivity index (χ4n) is 3.98. The second-order valence-electron chi connectivity index (χ2n) is 5.96. The first kappa shape index (κ1) is 15.3. The normalized spacial score (nSPS) is 14.9. The number of fused-ring (bicyclic) bond motifs is 3. The minimum atomic E-state index is 0.204. The highest BCUT2D eigenvalue weighted by molar-refractivity contribution is 9.10. The van der Waals surface area contributed by atoms with E-state index in [9.17, 15) is 0 Å². The minimum absolute atomic E-state index is 0.204. The quantitative estimate of drug-likeness (QED) is 0.507. The van der Waals surface area contributed by atoms with E-state index in [1.165, 1.54) is 47.9 Å². The van der Waals surface area contributed by atoms with Crippen molar-refractivity contribution in [3.63, 3.8) is 0 Å². The average Bonchev–Trinajstić information content (AvgIpc) is 2.70. The van der Waals surface area contributed by atoms with Crippen LogP contribution in [0.5, 0.6) is 0 Å². The minimum Gasteiger partial charge on any atom is -0.0653 e. The molecule has 0 nitrogen and oxygen atoms in total. The van der Waals surface area contributed by atoms with Gasteiger partial charge < -0.3 is 0 Å². The third kappa shape index (κ3) is 2.41. The molecule has 0 bridgehead atoms. The number of hydrogen-bond acceptors (Lipinski definition) is 0. The van der Waals surface area contributed by atoms with E-state index < -0.39 is 0 Å². The van der Waals surface area contributed by atoms with Crippen molar-refractivity contribution in [3.8, 4) is 11.1 Å². The summed E-state index contributed by atoms with van der Waals surface area (Å²) in [7, 11) is 0. The van der Waals surface area contributed by atoms with Crippen LogP contribution < -0.4 is 0 Å². The molecular formula is C19H20Br2. The molecule has 1 aliphatic rings. The van der Waals surface area contributed by atoms with Crippen LogP contribution >= 0.6 is 31.9 Å². The zero-order valence-corrected chi connectivity index (χ0v) is 15.7. The maximum atomic E-state index is 3.64. The lowest BCUT2D eigenvalue weighted by Crippen LogP contribution is -2.24. The van der Waals surface area contributed by atoms with Crippen molar-refractivity contribution < 1.29 is 0 Å². The molecule has 0 saturated heterocycles. The molecule has 0 spiro atoms. The van der Waals surface area contributed by atoms with E-state index in [1.54, 1.807) is 0 Å². The molecule has 0 N–H and O–H groups in total. The van der Waals surface area contributed by atoms with Crippen LogP contribution in [0.2, 0.25) is 0 Å². The van der Waals surface area contributed by atoms with Gasteiger partial charge in [0.25, 0.3) is 0 Å². The Morgan fingerprint density at radius 3 is 1.57 bits per heavy atom. The largest absolute Gasteiger partial charge is 0.0653 e. The third-order valence-electron chi connectivity index (χ3n) is 4.64. The molecule has 1 aliphatic carbocycles. The molecule has 0 atom stereocenters. The highest BCUT2D eigenvalue weighted by Crippen LogP contribution is 2.54. The summed E-state index contributed by atoms with van der Waals surface area (Å²) in [4.78, 5) is 0. The molecule has 110 valence electrons. The van der Waals surface area contributed by atoms with Crippen molar-refractivity contribution in [3.05, 3.63) is 56.5 Å². The predicted molar refractivity (Wildman–Crippen MR) is 97.9 cm³/mol. The monoisotopic (exact) mass is 406 g/mol.